The predicted octanol–water partition coefficient (Wildman–Crippen LogP) is 5.83. The second-order valence-corrected chi connectivity index (χ2v) is 10.2. The van der Waals surface area contributed by atoms with Crippen molar-refractivity contribution in [3.63, 3.8) is 0 Å². The molecule has 0 spiro atoms. The monoisotopic (exact) mass is 535 g/mol. The Morgan fingerprint density at radius 2 is 2.08 bits per heavy atom. The molecule has 2 heterocycles. The molecule has 1 aliphatic carbocycles. The number of fused-ring (bicyclic) bond motifs is 1. The second kappa shape index (κ2) is 11.3. The number of anilines is 1. The van der Waals surface area contributed by atoms with Crippen LogP contribution in [-0.4, -0.2) is 26.4 Å². The first-order valence-electron chi connectivity index (χ1n) is 11.5. The molecule has 3 aromatic rings. The number of hydrogen-bond donors (Lipinski definition) is 1. The molecule has 1 aromatic carbocycles. The Morgan fingerprint density at radius 3 is 2.83 bits per heavy atom. The van der Waals surface area contributed by atoms with Crippen LogP contribution in [0.3, 0.4) is 0 Å². The number of nitrogens with one attached hydrogen (secondary N) is 1. The minimum absolute atomic E-state index is 0.0683. The van der Waals surface area contributed by atoms with Crippen LogP contribution in [0.25, 0.3) is 0 Å². The number of nitriles is 1. The summed E-state index contributed by atoms with van der Waals surface area (Å²) in [5.41, 5.74) is 0.848. The van der Waals surface area contributed by atoms with Crippen LogP contribution in [0.2, 0.25) is 0 Å². The molecule has 1 amide bonds. The molecule has 0 radical (unpaired) electrons. The van der Waals surface area contributed by atoms with Crippen LogP contribution in [0, 0.1) is 11.3 Å². The number of nitrogens with zero attached hydrogens (tertiary/aromatic N) is 4. The standard InChI is InChI=1S/C24H24F3N5O2S2/c1-2-32-20(13-34-16-8-6-7-15(11-16)24(25,26)27)30-31-23(32)35-14-21(33)29-22-18(12-28)17-9-4-3-5-10-19(17)36-22/h6-8,11H,2-5,9-10,13-14H2,1H3,(H,29,33). The minimum atomic E-state index is -4.46. The number of benzene rings is 1. The average molecular weight is 536 g/mol. The van der Waals surface area contributed by atoms with E-state index in [-0.39, 0.29) is 24.0 Å². The normalized spacial score (nSPS) is 13.5. The van der Waals surface area contributed by atoms with Crippen LogP contribution in [0.4, 0.5) is 18.2 Å². The number of halogens is 3. The molecule has 0 saturated heterocycles. The SMILES string of the molecule is CCn1c(COc2cccc(C(F)(F)F)c2)nnc1SCC(=O)Nc1sc2c(c1C#N)CCCCC2. The maximum atomic E-state index is 12.9. The number of rotatable bonds is 8. The highest BCUT2D eigenvalue weighted by Crippen LogP contribution is 2.37. The van der Waals surface area contributed by atoms with E-state index < -0.39 is 11.7 Å². The van der Waals surface area contributed by atoms with Crippen molar-refractivity contribution >= 4 is 34.0 Å². The molecule has 0 atom stereocenters. The van der Waals surface area contributed by atoms with E-state index in [0.29, 0.717) is 28.1 Å². The number of hydrogen-bond acceptors (Lipinski definition) is 7. The van der Waals surface area contributed by atoms with Crippen molar-refractivity contribution in [3.8, 4) is 11.8 Å². The largest absolute Gasteiger partial charge is 0.486 e. The molecule has 4 rings (SSSR count). The molecule has 12 heteroatoms. The van der Waals surface area contributed by atoms with Gasteiger partial charge in [0.25, 0.3) is 0 Å². The van der Waals surface area contributed by atoms with Gasteiger partial charge in [0, 0.05) is 11.4 Å². The Kier molecular flexibility index (Phi) is 8.21. The fraction of sp³-hybridized carbons (Fsp3) is 0.417. The van der Waals surface area contributed by atoms with Crippen LogP contribution in [0.1, 0.15) is 53.6 Å². The van der Waals surface area contributed by atoms with Crippen molar-refractivity contribution in [3.05, 3.63) is 51.7 Å². The van der Waals surface area contributed by atoms with Gasteiger partial charge in [-0.25, -0.2) is 0 Å². The average Bonchev–Trinajstić information content (AvgIpc) is 3.31. The van der Waals surface area contributed by atoms with Crippen molar-refractivity contribution in [1.82, 2.24) is 14.8 Å². The summed E-state index contributed by atoms with van der Waals surface area (Å²) in [6, 6.07) is 6.90. The highest BCUT2D eigenvalue weighted by molar-refractivity contribution is 7.99. The van der Waals surface area contributed by atoms with Gasteiger partial charge in [0.1, 0.15) is 23.4 Å². The highest BCUT2D eigenvalue weighted by atomic mass is 32.2. The Labute approximate surface area is 214 Å². The lowest BCUT2D eigenvalue weighted by atomic mass is 10.1. The van der Waals surface area contributed by atoms with E-state index in [1.54, 1.807) is 4.57 Å². The number of carbonyl (C=O) groups is 1. The molecule has 0 unspecified atom stereocenters. The van der Waals surface area contributed by atoms with Gasteiger partial charge in [0.05, 0.1) is 16.9 Å². The lowest BCUT2D eigenvalue weighted by Crippen LogP contribution is -2.15. The predicted molar refractivity (Wildman–Crippen MR) is 131 cm³/mol. The third-order valence-electron chi connectivity index (χ3n) is 5.76. The van der Waals surface area contributed by atoms with Crippen molar-refractivity contribution in [2.45, 2.75) is 63.5 Å². The lowest BCUT2D eigenvalue weighted by Gasteiger charge is -2.11. The molecule has 0 aliphatic heterocycles. The number of thioether (sulfide) groups is 1. The molecule has 0 bridgehead atoms. The zero-order valence-corrected chi connectivity index (χ0v) is 21.2. The number of ether oxygens (including phenoxy) is 1. The third-order valence-corrected chi connectivity index (χ3v) is 7.93. The Bertz CT molecular complexity index is 1280. The smallest absolute Gasteiger partial charge is 0.416 e. The van der Waals surface area contributed by atoms with E-state index >= 15 is 0 Å². The van der Waals surface area contributed by atoms with E-state index in [4.69, 9.17) is 4.74 Å². The lowest BCUT2D eigenvalue weighted by molar-refractivity contribution is -0.137. The number of amides is 1. The zero-order valence-electron chi connectivity index (χ0n) is 19.5. The molecule has 7 nitrogen and oxygen atoms in total. The molecule has 2 aromatic heterocycles. The molecular formula is C24H24F3N5O2S2. The number of thiophene rings is 1. The Balaban J connectivity index is 1.37. The fourth-order valence-corrected chi connectivity index (χ4v) is 6.08. The summed E-state index contributed by atoms with van der Waals surface area (Å²) in [6.07, 6.45) is 0.634. The molecule has 1 N–H and O–H groups in total. The number of aryl methyl sites for hydroxylation is 1. The summed E-state index contributed by atoms with van der Waals surface area (Å²) in [5, 5.41) is 21.8. The number of carbonyl (C=O) groups excluding carboxylic acids is 1. The Hall–Kier alpha value is -3.04. The molecule has 1 aliphatic rings. The maximum absolute atomic E-state index is 12.9. The molecule has 190 valence electrons. The van der Waals surface area contributed by atoms with Gasteiger partial charge in [0.2, 0.25) is 5.91 Å². The van der Waals surface area contributed by atoms with Gasteiger partial charge in [0.15, 0.2) is 11.0 Å². The van der Waals surface area contributed by atoms with E-state index in [0.717, 1.165) is 49.8 Å². The number of alkyl halides is 3. The van der Waals surface area contributed by atoms with E-state index in [9.17, 15) is 23.2 Å². The summed E-state index contributed by atoms with van der Waals surface area (Å²) in [7, 11) is 0. The summed E-state index contributed by atoms with van der Waals surface area (Å²) >= 11 is 2.68. The summed E-state index contributed by atoms with van der Waals surface area (Å²) in [6.45, 7) is 2.30. The van der Waals surface area contributed by atoms with Gasteiger partial charge >= 0.3 is 6.18 Å². The van der Waals surface area contributed by atoms with Gasteiger partial charge < -0.3 is 14.6 Å². The van der Waals surface area contributed by atoms with Gasteiger partial charge in [-0.15, -0.1) is 21.5 Å². The van der Waals surface area contributed by atoms with Crippen LogP contribution in [0.5, 0.6) is 5.75 Å². The van der Waals surface area contributed by atoms with E-state index in [2.05, 4.69) is 21.6 Å². The molecule has 36 heavy (non-hydrogen) atoms. The maximum Gasteiger partial charge on any atom is 0.416 e. The van der Waals surface area contributed by atoms with Gasteiger partial charge in [-0.2, -0.15) is 18.4 Å². The van der Waals surface area contributed by atoms with Gasteiger partial charge in [-0.1, -0.05) is 24.2 Å². The summed E-state index contributed by atoms with van der Waals surface area (Å²) < 4.78 is 46.1. The summed E-state index contributed by atoms with van der Waals surface area (Å²) in [5.74, 6) is 0.332. The highest BCUT2D eigenvalue weighted by Gasteiger charge is 2.30. The molecule has 0 fully saturated rings. The van der Waals surface area contributed by atoms with E-state index in [1.807, 2.05) is 6.92 Å². The summed E-state index contributed by atoms with van der Waals surface area (Å²) in [4.78, 5) is 13.8. The third kappa shape index (κ3) is 6.02. The van der Waals surface area contributed by atoms with Crippen LogP contribution in [0.15, 0.2) is 29.4 Å². The number of aromatic nitrogens is 3. The van der Waals surface area contributed by atoms with Crippen molar-refractivity contribution < 1.29 is 22.7 Å². The second-order valence-electron chi connectivity index (χ2n) is 8.17. The topological polar surface area (TPSA) is 92.8 Å². The van der Waals surface area contributed by atoms with E-state index in [1.165, 1.54) is 40.1 Å². The van der Waals surface area contributed by atoms with Crippen molar-refractivity contribution in [1.29, 1.82) is 5.26 Å². The molecule has 0 saturated carbocycles. The minimum Gasteiger partial charge on any atom is -0.486 e. The first-order chi connectivity index (χ1) is 17.3. The van der Waals surface area contributed by atoms with Crippen molar-refractivity contribution in [2.24, 2.45) is 0 Å². The van der Waals surface area contributed by atoms with Crippen LogP contribution >= 0.6 is 23.1 Å². The zero-order chi connectivity index (χ0) is 25.7. The van der Waals surface area contributed by atoms with Gasteiger partial charge in [-0.3, -0.25) is 4.79 Å². The molecular weight excluding hydrogens is 511 g/mol. The quantitative estimate of drug-likeness (QED) is 0.288. The fourth-order valence-electron chi connectivity index (χ4n) is 4.00. The first kappa shape index (κ1) is 26.0. The van der Waals surface area contributed by atoms with Crippen molar-refractivity contribution in [2.75, 3.05) is 11.1 Å². The first-order valence-corrected chi connectivity index (χ1v) is 13.3. The Morgan fingerprint density at radius 1 is 1.28 bits per heavy atom. The van der Waals surface area contributed by atoms with Gasteiger partial charge in [-0.05, 0) is 56.4 Å². The van der Waals surface area contributed by atoms with Crippen LogP contribution < -0.4 is 10.1 Å². The van der Waals surface area contributed by atoms with Crippen LogP contribution in [-0.2, 0) is 37.0 Å².